The van der Waals surface area contributed by atoms with E-state index in [1.165, 1.54) is 23.1 Å². The lowest BCUT2D eigenvalue weighted by Crippen LogP contribution is -2.29. The monoisotopic (exact) mass is 520 g/mol. The molecule has 0 fully saturated rings. The molecule has 1 amide bonds. The van der Waals surface area contributed by atoms with Gasteiger partial charge in [0.25, 0.3) is 5.91 Å². The van der Waals surface area contributed by atoms with Gasteiger partial charge in [-0.25, -0.2) is 4.98 Å². The van der Waals surface area contributed by atoms with E-state index in [0.29, 0.717) is 17.8 Å². The van der Waals surface area contributed by atoms with Gasteiger partial charge < -0.3 is 20.7 Å². The zero-order chi connectivity index (χ0) is 26.1. The fraction of sp³-hybridized carbons (Fsp3) is 0.259. The van der Waals surface area contributed by atoms with Gasteiger partial charge in [-0.3, -0.25) is 4.79 Å². The first-order valence-corrected chi connectivity index (χ1v) is 13.6. The highest BCUT2D eigenvalue weighted by Gasteiger charge is 2.24. The molecule has 3 N–H and O–H groups in total. The predicted octanol–water partition coefficient (Wildman–Crippen LogP) is 5.70. The van der Waals surface area contributed by atoms with Crippen molar-refractivity contribution in [3.05, 3.63) is 83.1 Å². The van der Waals surface area contributed by atoms with Crippen molar-refractivity contribution in [3.8, 4) is 0 Å². The molecule has 0 radical (unpaired) electrons. The highest BCUT2D eigenvalue weighted by Crippen LogP contribution is 2.35. The zero-order valence-electron chi connectivity index (χ0n) is 21.0. The molecule has 1 unspecified atom stereocenters. The number of hydrogen-bond donors (Lipinski definition) is 3. The first-order chi connectivity index (χ1) is 17.5. The maximum Gasteiger partial charge on any atom is 0.268 e. The topological polar surface area (TPSA) is 95.2 Å². The van der Waals surface area contributed by atoms with Crippen molar-refractivity contribution in [2.75, 3.05) is 6.54 Å². The summed E-state index contributed by atoms with van der Waals surface area (Å²) in [7, 11) is 1.82. The largest absolute Gasteiger partial charge is 0.347 e. The van der Waals surface area contributed by atoms with E-state index in [2.05, 4.69) is 34.6 Å². The van der Waals surface area contributed by atoms with E-state index in [1.54, 1.807) is 28.6 Å². The van der Waals surface area contributed by atoms with Gasteiger partial charge in [0.2, 0.25) is 0 Å². The molecule has 0 saturated heterocycles. The third kappa shape index (κ3) is 6.03. The number of nitrogens with one attached hydrogen (secondary N) is 3. The first kappa shape index (κ1) is 27.2. The third-order valence-corrected chi connectivity index (χ3v) is 7.78. The minimum Gasteiger partial charge on any atom is -0.347 e. The Labute approximate surface area is 220 Å². The van der Waals surface area contributed by atoms with Gasteiger partial charge in [-0.05, 0) is 18.1 Å². The minimum absolute atomic E-state index is 0.0647. The number of aromatic nitrogens is 2. The Morgan fingerprint density at radius 1 is 1.33 bits per heavy atom. The van der Waals surface area contributed by atoms with E-state index in [1.807, 2.05) is 58.2 Å². The number of nitrogens with zero attached hydrogens (tertiary/aromatic N) is 3. The van der Waals surface area contributed by atoms with Gasteiger partial charge in [0, 0.05) is 36.7 Å². The summed E-state index contributed by atoms with van der Waals surface area (Å²) < 4.78 is 3.55. The molecule has 3 aromatic rings. The van der Waals surface area contributed by atoms with Crippen molar-refractivity contribution in [2.45, 2.75) is 36.9 Å². The summed E-state index contributed by atoms with van der Waals surface area (Å²) in [6.07, 6.45) is 8.49. The second-order valence-electron chi connectivity index (χ2n) is 7.74. The van der Waals surface area contributed by atoms with Gasteiger partial charge in [-0.15, -0.1) is 11.3 Å². The van der Waals surface area contributed by atoms with Crippen LogP contribution >= 0.6 is 23.1 Å². The molecule has 7 nitrogen and oxygen atoms in total. The van der Waals surface area contributed by atoms with Crippen LogP contribution in [0.15, 0.2) is 75.7 Å². The smallest absolute Gasteiger partial charge is 0.268 e. The van der Waals surface area contributed by atoms with Crippen LogP contribution in [0.4, 0.5) is 0 Å². The molecule has 3 heterocycles. The lowest BCUT2D eigenvalue weighted by molar-refractivity contribution is 0.0949. The predicted molar refractivity (Wildman–Crippen MR) is 154 cm³/mol. The van der Waals surface area contributed by atoms with Crippen LogP contribution in [0.3, 0.4) is 0 Å². The number of hydrazone groups is 1. The average Bonchev–Trinajstić information content (AvgIpc) is 3.59. The van der Waals surface area contributed by atoms with Crippen LogP contribution in [-0.4, -0.2) is 40.5 Å². The summed E-state index contributed by atoms with van der Waals surface area (Å²) in [6, 6.07) is 10.3. The number of allylic oxidation sites excluding steroid dienone is 2. The Balaban J connectivity index is 0.00000176. The summed E-state index contributed by atoms with van der Waals surface area (Å²) in [5.41, 5.74) is 7.94. The normalized spacial score (nSPS) is 15.9. The lowest BCUT2D eigenvalue weighted by Gasteiger charge is -2.12. The molecule has 1 atom stereocenters. The third-order valence-electron chi connectivity index (χ3n) is 5.49. The van der Waals surface area contributed by atoms with Gasteiger partial charge in [0.15, 0.2) is 9.99 Å². The Morgan fingerprint density at radius 2 is 2.08 bits per heavy atom. The molecule has 0 bridgehead atoms. The van der Waals surface area contributed by atoms with Crippen molar-refractivity contribution < 1.29 is 4.79 Å². The maximum atomic E-state index is 13.2. The van der Waals surface area contributed by atoms with Crippen LogP contribution in [0, 0.1) is 5.41 Å². The number of carbonyl (C=O) groups excluding carboxylic acids is 1. The quantitative estimate of drug-likeness (QED) is 0.192. The number of fused-ring (bicyclic) bond motifs is 1. The van der Waals surface area contributed by atoms with Gasteiger partial charge in [0.05, 0.1) is 17.0 Å². The lowest BCUT2D eigenvalue weighted by atomic mass is 10.0. The molecule has 2 aromatic heterocycles. The van der Waals surface area contributed by atoms with E-state index in [9.17, 15) is 4.79 Å². The number of thioether (sulfide) groups is 1. The van der Waals surface area contributed by atoms with Crippen molar-refractivity contribution in [1.82, 2.24) is 20.3 Å². The highest BCUT2D eigenvalue weighted by molar-refractivity contribution is 8.00. The Bertz CT molecular complexity index is 1320. The zero-order valence-corrected chi connectivity index (χ0v) is 22.7. The summed E-state index contributed by atoms with van der Waals surface area (Å²) in [4.78, 5) is 18.0. The second kappa shape index (κ2) is 13.0. The molecule has 9 heteroatoms. The van der Waals surface area contributed by atoms with Crippen molar-refractivity contribution in [2.24, 2.45) is 12.1 Å². The van der Waals surface area contributed by atoms with E-state index in [0.717, 1.165) is 31.6 Å². The molecular formula is C27H32N6OS2. The molecular weight excluding hydrogens is 488 g/mol. The maximum absolute atomic E-state index is 13.2. The molecule has 36 heavy (non-hydrogen) atoms. The van der Waals surface area contributed by atoms with E-state index >= 15 is 0 Å². The fourth-order valence-corrected chi connectivity index (χ4v) is 5.88. The molecule has 0 aliphatic carbocycles. The van der Waals surface area contributed by atoms with Gasteiger partial charge in [0.1, 0.15) is 5.69 Å². The molecule has 188 valence electrons. The van der Waals surface area contributed by atoms with Crippen LogP contribution < -0.4 is 10.7 Å². The number of benzene rings is 1. The van der Waals surface area contributed by atoms with Crippen LogP contribution in [-0.2, 0) is 12.8 Å². The number of hydrogen-bond acceptors (Lipinski definition) is 7. The minimum atomic E-state index is -0.245. The standard InChI is InChI=1S/C25H26N6OS2.C2H6/c1-4-5-11-18(20-14-28-30-16(20)2)13-27-24(32)21-19(12-26)22-23(31(21)3)29-25(34-22)33-15-17-9-7-6-8-10-17;1-2/h4-12,14,16,26,30H,1,13,15H2,2-3H3,(H,27,32);1-2H3/b11-5-,20-18+,26-12?;. The van der Waals surface area contributed by atoms with Crippen LogP contribution in [0.25, 0.3) is 10.3 Å². The van der Waals surface area contributed by atoms with Gasteiger partial charge in [-0.2, -0.15) is 5.10 Å². The van der Waals surface area contributed by atoms with Crippen LogP contribution in [0.2, 0.25) is 0 Å². The highest BCUT2D eigenvalue weighted by atomic mass is 32.2. The van der Waals surface area contributed by atoms with Crippen molar-refractivity contribution >= 4 is 51.8 Å². The molecule has 1 aromatic carbocycles. The van der Waals surface area contributed by atoms with E-state index < -0.39 is 0 Å². The molecule has 1 aliphatic heterocycles. The first-order valence-electron chi connectivity index (χ1n) is 11.8. The number of aryl methyl sites for hydroxylation is 1. The number of amides is 1. The number of carbonyl (C=O) groups is 1. The average molecular weight is 521 g/mol. The summed E-state index contributed by atoms with van der Waals surface area (Å²) in [5, 5.41) is 15.1. The SMILES string of the molecule is C=C/C=C\C(CNC(=O)c1c(C=N)c2sc(SCc3ccccc3)nc2n1C)=C1\C=NNC1C.CC. The van der Waals surface area contributed by atoms with Crippen molar-refractivity contribution in [3.63, 3.8) is 0 Å². The number of thiazole rings is 1. The Kier molecular flexibility index (Phi) is 9.84. The Hall–Kier alpha value is -3.43. The number of rotatable bonds is 9. The van der Waals surface area contributed by atoms with E-state index in [4.69, 9.17) is 10.4 Å². The fourth-order valence-electron chi connectivity index (χ4n) is 3.74. The molecule has 1 aliphatic rings. The van der Waals surface area contributed by atoms with E-state index in [-0.39, 0.29) is 11.9 Å². The molecule has 4 rings (SSSR count). The van der Waals surface area contributed by atoms with Gasteiger partial charge in [-0.1, -0.05) is 80.7 Å². The summed E-state index contributed by atoms with van der Waals surface area (Å²) in [6.45, 7) is 10.1. The second-order valence-corrected chi connectivity index (χ2v) is 9.96. The molecule has 0 saturated carbocycles. The molecule has 0 spiro atoms. The summed E-state index contributed by atoms with van der Waals surface area (Å²) in [5.74, 6) is 0.575. The summed E-state index contributed by atoms with van der Waals surface area (Å²) >= 11 is 3.18. The van der Waals surface area contributed by atoms with Gasteiger partial charge >= 0.3 is 0 Å². The van der Waals surface area contributed by atoms with Crippen LogP contribution in [0.1, 0.15) is 42.4 Å². The van der Waals surface area contributed by atoms with Crippen molar-refractivity contribution in [1.29, 1.82) is 5.41 Å². The van der Waals surface area contributed by atoms with Crippen LogP contribution in [0.5, 0.6) is 0 Å². The Morgan fingerprint density at radius 3 is 2.72 bits per heavy atom.